The van der Waals surface area contributed by atoms with Crippen LogP contribution >= 0.6 is 0 Å². The van der Waals surface area contributed by atoms with E-state index in [1.807, 2.05) is 24.5 Å². The molecule has 51 heavy (non-hydrogen) atoms. The molecule has 3 aliphatic rings. The summed E-state index contributed by atoms with van der Waals surface area (Å²) in [6.07, 6.45) is 3.86. The molecule has 0 radical (unpaired) electrons. The molecule has 0 amide bonds. The fourth-order valence-corrected chi connectivity index (χ4v) is 7.66. The van der Waals surface area contributed by atoms with Crippen molar-refractivity contribution < 1.29 is 9.47 Å². The maximum absolute atomic E-state index is 5.87. The second-order valence-electron chi connectivity index (χ2n) is 14.9. The Labute approximate surface area is 298 Å². The first kappa shape index (κ1) is 31.1. The van der Waals surface area contributed by atoms with Gasteiger partial charge in [-0.05, 0) is 96.5 Å². The molecule has 0 saturated carbocycles. The predicted octanol–water partition coefficient (Wildman–Crippen LogP) is 9.28. The Balaban J connectivity index is 1.19. The standard InChI is InChI=1S/C45H38N4O2/c1-43(2)27-50-41(48-43)39-21-17-31(25-46-39)29-15-19-35-36-20-16-30(32-18-22-40(47-26-32)42-49-44(3,4)28-51-42)24-38(36)45(37(35)23-29,33-11-7-5-8-12-33)34-13-9-6-10-14-34/h5-26H,27-28H2,1-4H3. The summed E-state index contributed by atoms with van der Waals surface area (Å²) in [5.74, 6) is 1.21. The lowest BCUT2D eigenvalue weighted by atomic mass is 9.67. The first-order valence-corrected chi connectivity index (χ1v) is 17.5. The third kappa shape index (κ3) is 5.25. The van der Waals surface area contributed by atoms with E-state index in [0.717, 1.165) is 33.6 Å². The molecule has 6 aromatic rings. The second kappa shape index (κ2) is 11.6. The Morgan fingerprint density at radius 2 is 0.882 bits per heavy atom. The van der Waals surface area contributed by atoms with Crippen molar-refractivity contribution >= 4 is 11.8 Å². The Bertz CT molecular complexity index is 2170. The van der Waals surface area contributed by atoms with Crippen molar-refractivity contribution in [1.29, 1.82) is 0 Å². The van der Waals surface area contributed by atoms with Gasteiger partial charge in [-0.1, -0.05) is 97.1 Å². The van der Waals surface area contributed by atoms with Gasteiger partial charge < -0.3 is 9.47 Å². The van der Waals surface area contributed by atoms with Crippen LogP contribution in [-0.4, -0.2) is 46.1 Å². The summed E-state index contributed by atoms with van der Waals surface area (Å²) in [6.45, 7) is 9.40. The van der Waals surface area contributed by atoms with Gasteiger partial charge in [0.15, 0.2) is 0 Å². The summed E-state index contributed by atoms with van der Waals surface area (Å²) in [5, 5.41) is 0. The van der Waals surface area contributed by atoms with Crippen LogP contribution in [0.1, 0.15) is 61.3 Å². The summed E-state index contributed by atoms with van der Waals surface area (Å²) in [5.41, 5.74) is 12.1. The molecule has 250 valence electrons. The normalized spacial score (nSPS) is 17.5. The number of nitrogens with zero attached hydrogens (tertiary/aromatic N) is 4. The second-order valence-corrected chi connectivity index (χ2v) is 14.9. The average molecular weight is 667 g/mol. The zero-order chi connectivity index (χ0) is 34.8. The highest BCUT2D eigenvalue weighted by Crippen LogP contribution is 2.57. The Morgan fingerprint density at radius 3 is 1.24 bits per heavy atom. The Morgan fingerprint density at radius 1 is 0.471 bits per heavy atom. The number of benzene rings is 4. The quantitative estimate of drug-likeness (QED) is 0.177. The largest absolute Gasteiger partial charge is 0.474 e. The van der Waals surface area contributed by atoms with Gasteiger partial charge in [0.25, 0.3) is 0 Å². The molecule has 2 aliphatic heterocycles. The van der Waals surface area contributed by atoms with Crippen LogP contribution in [0.4, 0.5) is 0 Å². The monoisotopic (exact) mass is 666 g/mol. The number of fused-ring (bicyclic) bond motifs is 3. The van der Waals surface area contributed by atoms with Gasteiger partial charge in [0.2, 0.25) is 11.8 Å². The molecule has 0 N–H and O–H groups in total. The van der Waals surface area contributed by atoms with Crippen molar-refractivity contribution in [2.45, 2.75) is 44.2 Å². The first-order chi connectivity index (χ1) is 24.7. The molecule has 0 atom stereocenters. The number of pyridine rings is 2. The van der Waals surface area contributed by atoms with Crippen LogP contribution in [0.15, 0.2) is 144 Å². The highest BCUT2D eigenvalue weighted by molar-refractivity contribution is 5.95. The predicted molar refractivity (Wildman–Crippen MR) is 203 cm³/mol. The van der Waals surface area contributed by atoms with Crippen molar-refractivity contribution in [2.75, 3.05) is 13.2 Å². The number of hydrogen-bond acceptors (Lipinski definition) is 6. The van der Waals surface area contributed by atoms with Gasteiger partial charge in [0.1, 0.15) is 24.6 Å². The zero-order valence-corrected chi connectivity index (χ0v) is 29.2. The summed E-state index contributed by atoms with van der Waals surface area (Å²) in [7, 11) is 0. The molecule has 0 spiro atoms. The van der Waals surface area contributed by atoms with Crippen LogP contribution in [0.25, 0.3) is 33.4 Å². The van der Waals surface area contributed by atoms with E-state index < -0.39 is 5.41 Å². The number of rotatable bonds is 6. The number of aliphatic imine (C=N–C) groups is 2. The number of ether oxygens (including phenoxy) is 2. The number of hydrogen-bond donors (Lipinski definition) is 0. The third-order valence-electron chi connectivity index (χ3n) is 10.1. The van der Waals surface area contributed by atoms with Crippen LogP contribution in [-0.2, 0) is 14.9 Å². The van der Waals surface area contributed by atoms with Gasteiger partial charge in [0.05, 0.1) is 16.5 Å². The maximum atomic E-state index is 5.87. The van der Waals surface area contributed by atoms with E-state index in [1.165, 1.54) is 33.4 Å². The van der Waals surface area contributed by atoms with E-state index in [-0.39, 0.29) is 11.1 Å². The van der Waals surface area contributed by atoms with Crippen molar-refractivity contribution in [3.05, 3.63) is 167 Å². The van der Waals surface area contributed by atoms with Gasteiger partial charge in [-0.15, -0.1) is 0 Å². The van der Waals surface area contributed by atoms with Crippen molar-refractivity contribution in [1.82, 2.24) is 9.97 Å². The van der Waals surface area contributed by atoms with Crippen LogP contribution in [0, 0.1) is 0 Å². The molecule has 4 heterocycles. The van der Waals surface area contributed by atoms with Crippen molar-refractivity contribution in [3.63, 3.8) is 0 Å². The van der Waals surface area contributed by atoms with Crippen molar-refractivity contribution in [2.24, 2.45) is 9.98 Å². The fraction of sp³-hybridized carbons (Fsp3) is 0.200. The van der Waals surface area contributed by atoms with E-state index in [9.17, 15) is 0 Å². The summed E-state index contributed by atoms with van der Waals surface area (Å²) >= 11 is 0. The summed E-state index contributed by atoms with van der Waals surface area (Å²) < 4.78 is 11.7. The molecule has 9 rings (SSSR count). The van der Waals surface area contributed by atoms with Gasteiger partial charge in [-0.25, -0.2) is 9.98 Å². The van der Waals surface area contributed by atoms with Crippen LogP contribution < -0.4 is 0 Å². The zero-order valence-electron chi connectivity index (χ0n) is 29.2. The highest BCUT2D eigenvalue weighted by Gasteiger charge is 2.46. The molecule has 0 saturated heterocycles. The molecule has 6 heteroatoms. The van der Waals surface area contributed by atoms with Gasteiger partial charge >= 0.3 is 0 Å². The van der Waals surface area contributed by atoms with E-state index in [4.69, 9.17) is 29.4 Å². The Hall–Kier alpha value is -5.88. The van der Waals surface area contributed by atoms with Gasteiger partial charge in [-0.3, -0.25) is 9.97 Å². The molecule has 4 aromatic carbocycles. The average Bonchev–Trinajstić information content (AvgIpc) is 3.82. The molecule has 0 bridgehead atoms. The molecular formula is C45H38N4O2. The minimum Gasteiger partial charge on any atom is -0.474 e. The van der Waals surface area contributed by atoms with Gasteiger partial charge in [0, 0.05) is 23.5 Å². The molecule has 1 aliphatic carbocycles. The van der Waals surface area contributed by atoms with Crippen LogP contribution in [0.3, 0.4) is 0 Å². The summed E-state index contributed by atoms with van der Waals surface area (Å²) in [4.78, 5) is 19.0. The fourth-order valence-electron chi connectivity index (χ4n) is 7.66. The first-order valence-electron chi connectivity index (χ1n) is 17.5. The van der Waals surface area contributed by atoms with Gasteiger partial charge in [-0.2, -0.15) is 0 Å². The lowest BCUT2D eigenvalue weighted by Gasteiger charge is -2.34. The lowest BCUT2D eigenvalue weighted by Crippen LogP contribution is -2.28. The molecule has 0 fully saturated rings. The maximum Gasteiger partial charge on any atom is 0.236 e. The molecular weight excluding hydrogens is 629 g/mol. The minimum absolute atomic E-state index is 0.236. The topological polar surface area (TPSA) is 69.0 Å². The van der Waals surface area contributed by atoms with E-state index in [2.05, 4.69) is 137 Å². The Kier molecular flexibility index (Phi) is 7.08. The molecule has 0 unspecified atom stereocenters. The smallest absolute Gasteiger partial charge is 0.236 e. The van der Waals surface area contributed by atoms with E-state index in [1.54, 1.807) is 0 Å². The summed E-state index contributed by atoms with van der Waals surface area (Å²) in [6, 6.07) is 43.7. The molecule has 2 aromatic heterocycles. The number of aromatic nitrogens is 2. The minimum atomic E-state index is -0.560. The third-order valence-corrected chi connectivity index (χ3v) is 10.1. The lowest BCUT2D eigenvalue weighted by molar-refractivity contribution is 0.279. The van der Waals surface area contributed by atoms with Crippen LogP contribution in [0.5, 0.6) is 0 Å². The van der Waals surface area contributed by atoms with E-state index >= 15 is 0 Å². The highest BCUT2D eigenvalue weighted by atomic mass is 16.5. The van der Waals surface area contributed by atoms with Crippen LogP contribution in [0.2, 0.25) is 0 Å². The van der Waals surface area contributed by atoms with Crippen molar-refractivity contribution in [3.8, 4) is 33.4 Å². The molecule has 6 nitrogen and oxygen atoms in total. The SMILES string of the molecule is CC1(C)COC(c2ccc(-c3ccc4c(c3)C(c3ccccc3)(c3ccccc3)c3cc(-c5ccc(C6=NC(C)(C)CO6)nc5)ccc3-4)cn2)=N1. The van der Waals surface area contributed by atoms with E-state index in [0.29, 0.717) is 25.0 Å².